The van der Waals surface area contributed by atoms with Crippen LogP contribution in [0.4, 0.5) is 13.2 Å². The molecule has 0 saturated carbocycles. The third-order valence-electron chi connectivity index (χ3n) is 2.18. The van der Waals surface area contributed by atoms with Crippen LogP contribution in [0.25, 0.3) is 0 Å². The molecule has 18 heavy (non-hydrogen) atoms. The van der Waals surface area contributed by atoms with Crippen molar-refractivity contribution in [3.05, 3.63) is 28.8 Å². The van der Waals surface area contributed by atoms with Gasteiger partial charge in [0.15, 0.2) is 0 Å². The molecule has 0 N–H and O–H groups in total. The summed E-state index contributed by atoms with van der Waals surface area (Å²) < 4.78 is 47.1. The highest BCUT2D eigenvalue weighted by Crippen LogP contribution is 2.39. The van der Waals surface area contributed by atoms with E-state index in [1.54, 1.807) is 6.07 Å². The Morgan fingerprint density at radius 1 is 1.33 bits per heavy atom. The Morgan fingerprint density at radius 2 is 1.94 bits per heavy atom. The van der Waals surface area contributed by atoms with E-state index >= 15 is 0 Å². The van der Waals surface area contributed by atoms with Crippen molar-refractivity contribution in [2.45, 2.75) is 6.18 Å². The number of esters is 1. The van der Waals surface area contributed by atoms with Crippen molar-refractivity contribution in [1.29, 1.82) is 5.26 Å². The van der Waals surface area contributed by atoms with Crippen LogP contribution >= 0.6 is 0 Å². The van der Waals surface area contributed by atoms with Gasteiger partial charge in [0.05, 0.1) is 25.3 Å². The molecule has 0 amide bonds. The fourth-order valence-corrected chi connectivity index (χ4v) is 1.42. The summed E-state index contributed by atoms with van der Waals surface area (Å²) in [6.45, 7) is 0. The molecule has 1 aromatic carbocycles. The Hall–Kier alpha value is -2.23. The van der Waals surface area contributed by atoms with Crippen molar-refractivity contribution in [2.24, 2.45) is 0 Å². The minimum absolute atomic E-state index is 0.244. The van der Waals surface area contributed by atoms with E-state index in [0.717, 1.165) is 20.3 Å². The number of hydrogen-bond donors (Lipinski definition) is 0. The van der Waals surface area contributed by atoms with E-state index in [4.69, 9.17) is 5.26 Å². The first-order valence-electron chi connectivity index (χ1n) is 4.63. The molecule has 4 nitrogen and oxygen atoms in total. The van der Waals surface area contributed by atoms with Crippen LogP contribution in [0.3, 0.4) is 0 Å². The Labute approximate surface area is 101 Å². The summed E-state index contributed by atoms with van der Waals surface area (Å²) >= 11 is 0. The molecule has 96 valence electrons. The number of nitrogens with zero attached hydrogens (tertiary/aromatic N) is 1. The molecule has 0 atom stereocenters. The van der Waals surface area contributed by atoms with E-state index in [2.05, 4.69) is 9.47 Å². The van der Waals surface area contributed by atoms with Gasteiger partial charge in [-0.3, -0.25) is 0 Å². The largest absolute Gasteiger partial charge is 0.495 e. The third kappa shape index (κ3) is 2.37. The molecule has 0 fully saturated rings. The summed E-state index contributed by atoms with van der Waals surface area (Å²) in [5, 5.41) is 8.78. The average Bonchev–Trinajstić information content (AvgIpc) is 2.34. The number of carbonyl (C=O) groups is 1. The van der Waals surface area contributed by atoms with Gasteiger partial charge in [0.25, 0.3) is 0 Å². The molecule has 0 spiro atoms. The Morgan fingerprint density at radius 3 is 2.33 bits per heavy atom. The third-order valence-corrected chi connectivity index (χ3v) is 2.18. The molecule has 0 aliphatic rings. The zero-order valence-corrected chi connectivity index (χ0v) is 9.46. The van der Waals surface area contributed by atoms with Crippen LogP contribution in [0.5, 0.6) is 5.75 Å². The monoisotopic (exact) mass is 259 g/mol. The molecule has 7 heteroatoms. The lowest BCUT2D eigenvalue weighted by Gasteiger charge is -2.15. The second-order valence-corrected chi connectivity index (χ2v) is 3.17. The number of rotatable bonds is 2. The van der Waals surface area contributed by atoms with Gasteiger partial charge in [0, 0.05) is 0 Å². The summed E-state index contributed by atoms with van der Waals surface area (Å²) in [6, 6.07) is 3.20. The summed E-state index contributed by atoms with van der Waals surface area (Å²) in [5.74, 6) is -1.78. The Bertz CT molecular complexity index is 517. The molecule has 0 heterocycles. The van der Waals surface area contributed by atoms with Gasteiger partial charge < -0.3 is 9.47 Å². The van der Waals surface area contributed by atoms with Gasteiger partial charge in [-0.15, -0.1) is 0 Å². The van der Waals surface area contributed by atoms with E-state index < -0.39 is 29.0 Å². The summed E-state index contributed by atoms with van der Waals surface area (Å²) in [6.07, 6.45) is -4.69. The van der Waals surface area contributed by atoms with Crippen molar-refractivity contribution in [3.63, 3.8) is 0 Å². The van der Waals surface area contributed by atoms with Crippen molar-refractivity contribution in [2.75, 3.05) is 14.2 Å². The van der Waals surface area contributed by atoms with Crippen LogP contribution in [0.2, 0.25) is 0 Å². The number of ether oxygens (including phenoxy) is 2. The van der Waals surface area contributed by atoms with Crippen molar-refractivity contribution < 1.29 is 27.4 Å². The molecule has 0 aliphatic carbocycles. The van der Waals surface area contributed by atoms with Gasteiger partial charge in [-0.05, 0) is 12.1 Å². The summed E-state index contributed by atoms with van der Waals surface area (Å²) in [5.41, 5.74) is -1.91. The number of benzene rings is 1. The first-order valence-corrected chi connectivity index (χ1v) is 4.63. The molecule has 1 aromatic rings. The topological polar surface area (TPSA) is 59.3 Å². The van der Waals surface area contributed by atoms with E-state index in [1.807, 2.05) is 0 Å². The van der Waals surface area contributed by atoms with Crippen molar-refractivity contribution >= 4 is 5.97 Å². The van der Waals surface area contributed by atoms with E-state index in [9.17, 15) is 18.0 Å². The zero-order valence-electron chi connectivity index (χ0n) is 9.46. The number of hydrogen-bond acceptors (Lipinski definition) is 4. The fraction of sp³-hybridized carbons (Fsp3) is 0.273. The van der Waals surface area contributed by atoms with E-state index in [1.165, 1.54) is 0 Å². The van der Waals surface area contributed by atoms with Crippen LogP contribution in [0.15, 0.2) is 12.1 Å². The molecule has 0 radical (unpaired) electrons. The van der Waals surface area contributed by atoms with Gasteiger partial charge in [-0.2, -0.15) is 18.4 Å². The van der Waals surface area contributed by atoms with Gasteiger partial charge in [0.1, 0.15) is 17.4 Å². The van der Waals surface area contributed by atoms with Gasteiger partial charge >= 0.3 is 12.1 Å². The number of carbonyl (C=O) groups excluding carboxylic acids is 1. The molecule has 0 aliphatic heterocycles. The molecule has 1 rings (SSSR count). The SMILES string of the molecule is COC(=O)c1c(C#N)ccc(C(F)(F)F)c1OC. The number of halogens is 3. The number of nitriles is 1. The van der Waals surface area contributed by atoms with Crippen LogP contribution in [0.1, 0.15) is 21.5 Å². The Balaban J connectivity index is 3.64. The highest BCUT2D eigenvalue weighted by Gasteiger charge is 2.37. The highest BCUT2D eigenvalue weighted by atomic mass is 19.4. The minimum atomic E-state index is -4.69. The zero-order chi connectivity index (χ0) is 13.9. The lowest BCUT2D eigenvalue weighted by molar-refractivity contribution is -0.138. The normalized spacial score (nSPS) is 10.7. The maximum absolute atomic E-state index is 12.7. The number of alkyl halides is 3. The summed E-state index contributed by atoms with van der Waals surface area (Å²) in [4.78, 5) is 11.4. The average molecular weight is 259 g/mol. The standard InChI is InChI=1S/C11H8F3NO3/c1-17-9-7(11(12,13)14)4-3-6(5-15)8(9)10(16)18-2/h3-4H,1-2H3. The molecule has 0 aromatic heterocycles. The molecule has 0 bridgehead atoms. The van der Waals surface area contributed by atoms with Crippen LogP contribution in [0, 0.1) is 11.3 Å². The van der Waals surface area contributed by atoms with E-state index in [-0.39, 0.29) is 5.56 Å². The first kappa shape index (κ1) is 13.8. The highest BCUT2D eigenvalue weighted by molar-refractivity contribution is 5.95. The van der Waals surface area contributed by atoms with Gasteiger partial charge in [-0.1, -0.05) is 0 Å². The van der Waals surface area contributed by atoms with Gasteiger partial charge in [0.2, 0.25) is 0 Å². The molecule has 0 unspecified atom stereocenters. The predicted molar refractivity (Wildman–Crippen MR) is 54.1 cm³/mol. The maximum atomic E-state index is 12.7. The second-order valence-electron chi connectivity index (χ2n) is 3.17. The Kier molecular flexibility index (Phi) is 3.81. The lowest BCUT2D eigenvalue weighted by Crippen LogP contribution is -2.14. The van der Waals surface area contributed by atoms with Crippen LogP contribution in [-0.2, 0) is 10.9 Å². The van der Waals surface area contributed by atoms with Crippen molar-refractivity contribution in [3.8, 4) is 11.8 Å². The van der Waals surface area contributed by atoms with Crippen LogP contribution in [-0.4, -0.2) is 20.2 Å². The minimum Gasteiger partial charge on any atom is -0.495 e. The van der Waals surface area contributed by atoms with Crippen molar-refractivity contribution in [1.82, 2.24) is 0 Å². The van der Waals surface area contributed by atoms with Gasteiger partial charge in [-0.25, -0.2) is 4.79 Å². The fourth-order valence-electron chi connectivity index (χ4n) is 1.42. The quantitative estimate of drug-likeness (QED) is 0.765. The molecule has 0 saturated heterocycles. The second kappa shape index (κ2) is 4.96. The predicted octanol–water partition coefficient (Wildman–Crippen LogP) is 2.37. The molecular formula is C11H8F3NO3. The number of methoxy groups -OCH3 is 2. The van der Waals surface area contributed by atoms with Crippen LogP contribution < -0.4 is 4.74 Å². The van der Waals surface area contributed by atoms with E-state index in [0.29, 0.717) is 6.07 Å². The summed E-state index contributed by atoms with van der Waals surface area (Å²) in [7, 11) is 1.99. The molecular weight excluding hydrogens is 251 g/mol. The lowest BCUT2D eigenvalue weighted by atomic mass is 10.0. The smallest absolute Gasteiger partial charge is 0.419 e. The maximum Gasteiger partial charge on any atom is 0.419 e. The first-order chi connectivity index (χ1) is 8.36.